The first kappa shape index (κ1) is 18.9. The SMILES string of the molecule is COC(=O)c1ccc2c(=O)[nH]c(CSc3nncn3-c3ccccc3C)nc2c1. The summed E-state index contributed by atoms with van der Waals surface area (Å²) in [7, 11) is 1.31. The van der Waals surface area contributed by atoms with Crippen LogP contribution >= 0.6 is 11.8 Å². The molecular weight excluding hydrogens is 390 g/mol. The van der Waals surface area contributed by atoms with Crippen LogP contribution in [0.4, 0.5) is 0 Å². The van der Waals surface area contributed by atoms with Gasteiger partial charge in [0.1, 0.15) is 12.2 Å². The van der Waals surface area contributed by atoms with E-state index in [2.05, 4.69) is 20.2 Å². The second kappa shape index (κ2) is 7.88. The molecule has 0 atom stereocenters. The Labute approximate surface area is 170 Å². The average molecular weight is 407 g/mol. The van der Waals surface area contributed by atoms with Crippen molar-refractivity contribution in [2.75, 3.05) is 7.11 Å². The fraction of sp³-hybridized carbons (Fsp3) is 0.150. The predicted octanol–water partition coefficient (Wildman–Crippen LogP) is 2.89. The highest BCUT2D eigenvalue weighted by Crippen LogP contribution is 2.24. The van der Waals surface area contributed by atoms with Crippen LogP contribution in [-0.4, -0.2) is 37.8 Å². The molecule has 2 aromatic heterocycles. The van der Waals surface area contributed by atoms with Gasteiger partial charge in [0.05, 0.1) is 35.0 Å². The number of aromatic nitrogens is 5. The van der Waals surface area contributed by atoms with Gasteiger partial charge in [0, 0.05) is 0 Å². The normalized spacial score (nSPS) is 11.0. The van der Waals surface area contributed by atoms with E-state index in [1.54, 1.807) is 24.5 Å². The second-order valence-corrected chi connectivity index (χ2v) is 7.24. The van der Waals surface area contributed by atoms with Crippen LogP contribution < -0.4 is 5.56 Å². The number of esters is 1. The van der Waals surface area contributed by atoms with Crippen LogP contribution in [0.2, 0.25) is 0 Å². The zero-order valence-electron chi connectivity index (χ0n) is 15.7. The van der Waals surface area contributed by atoms with Gasteiger partial charge in [0.15, 0.2) is 5.16 Å². The third-order valence-electron chi connectivity index (χ3n) is 4.41. The van der Waals surface area contributed by atoms with Gasteiger partial charge in [-0.15, -0.1) is 10.2 Å². The number of carbonyl (C=O) groups is 1. The lowest BCUT2D eigenvalue weighted by atomic mass is 10.1. The number of H-pyrrole nitrogens is 1. The molecule has 2 heterocycles. The van der Waals surface area contributed by atoms with Crippen molar-refractivity contribution in [2.24, 2.45) is 0 Å². The summed E-state index contributed by atoms with van der Waals surface area (Å²) >= 11 is 1.41. The number of para-hydroxylation sites is 1. The average Bonchev–Trinajstić information content (AvgIpc) is 3.20. The van der Waals surface area contributed by atoms with E-state index in [0.717, 1.165) is 11.3 Å². The molecule has 1 N–H and O–H groups in total. The minimum absolute atomic E-state index is 0.262. The van der Waals surface area contributed by atoms with Crippen molar-refractivity contribution in [1.29, 1.82) is 0 Å². The van der Waals surface area contributed by atoms with E-state index in [9.17, 15) is 9.59 Å². The molecule has 29 heavy (non-hydrogen) atoms. The fourth-order valence-electron chi connectivity index (χ4n) is 2.96. The molecule has 9 heteroatoms. The quantitative estimate of drug-likeness (QED) is 0.401. The maximum atomic E-state index is 12.4. The number of thioether (sulfide) groups is 1. The molecule has 0 fully saturated rings. The number of nitrogens with zero attached hydrogens (tertiary/aromatic N) is 4. The number of aryl methyl sites for hydroxylation is 1. The number of benzene rings is 2. The summed E-state index contributed by atoms with van der Waals surface area (Å²) in [6.07, 6.45) is 1.66. The Hall–Kier alpha value is -3.46. The molecule has 0 bridgehead atoms. The first-order valence-electron chi connectivity index (χ1n) is 8.77. The molecule has 8 nitrogen and oxygen atoms in total. The van der Waals surface area contributed by atoms with Gasteiger partial charge in [0.25, 0.3) is 5.56 Å². The Kier molecular flexibility index (Phi) is 5.13. The molecule has 2 aromatic carbocycles. The molecule has 0 unspecified atom stereocenters. The maximum absolute atomic E-state index is 12.4. The van der Waals surface area contributed by atoms with Gasteiger partial charge in [-0.2, -0.15) is 0 Å². The Balaban J connectivity index is 1.63. The molecule has 0 amide bonds. The van der Waals surface area contributed by atoms with Gasteiger partial charge in [-0.3, -0.25) is 9.36 Å². The first-order chi connectivity index (χ1) is 14.1. The molecule has 0 saturated heterocycles. The number of rotatable bonds is 5. The van der Waals surface area contributed by atoms with E-state index in [4.69, 9.17) is 4.74 Å². The van der Waals surface area contributed by atoms with Crippen LogP contribution in [0, 0.1) is 6.92 Å². The first-order valence-corrected chi connectivity index (χ1v) is 9.75. The zero-order valence-corrected chi connectivity index (χ0v) is 16.6. The van der Waals surface area contributed by atoms with Gasteiger partial charge in [-0.1, -0.05) is 30.0 Å². The highest BCUT2D eigenvalue weighted by molar-refractivity contribution is 7.98. The number of carbonyl (C=O) groups excluding carboxylic acids is 1. The molecular formula is C20H17N5O3S. The number of hydrogen-bond acceptors (Lipinski definition) is 7. The van der Waals surface area contributed by atoms with Gasteiger partial charge >= 0.3 is 5.97 Å². The van der Waals surface area contributed by atoms with Gasteiger partial charge in [-0.05, 0) is 36.8 Å². The fourth-order valence-corrected chi connectivity index (χ4v) is 3.75. The number of hydrogen-bond donors (Lipinski definition) is 1. The van der Waals surface area contributed by atoms with E-state index in [1.165, 1.54) is 18.9 Å². The lowest BCUT2D eigenvalue weighted by molar-refractivity contribution is 0.0601. The standard InChI is InChI=1S/C20H17N5O3S/c1-12-5-3-4-6-16(12)25-11-21-24-20(25)29-10-17-22-15-9-13(19(27)28-2)7-8-14(15)18(26)23-17/h3-9,11H,10H2,1-2H3,(H,22,23,26). The Morgan fingerprint density at radius 2 is 2.07 bits per heavy atom. The monoisotopic (exact) mass is 407 g/mol. The summed E-state index contributed by atoms with van der Waals surface area (Å²) in [5.41, 5.74) is 2.61. The third kappa shape index (κ3) is 3.77. The Bertz CT molecular complexity index is 1260. The molecule has 0 aliphatic heterocycles. The summed E-state index contributed by atoms with van der Waals surface area (Å²) in [5, 5.41) is 9.28. The van der Waals surface area contributed by atoms with Crippen molar-refractivity contribution < 1.29 is 9.53 Å². The zero-order chi connectivity index (χ0) is 20.4. The van der Waals surface area contributed by atoms with Gasteiger partial charge < -0.3 is 9.72 Å². The van der Waals surface area contributed by atoms with Crippen molar-refractivity contribution in [3.05, 3.63) is 76.1 Å². The van der Waals surface area contributed by atoms with E-state index in [0.29, 0.717) is 33.2 Å². The summed E-state index contributed by atoms with van der Waals surface area (Å²) in [5.74, 6) is 0.392. The van der Waals surface area contributed by atoms with E-state index in [1.807, 2.05) is 35.8 Å². The Morgan fingerprint density at radius 3 is 2.86 bits per heavy atom. The summed E-state index contributed by atoms with van der Waals surface area (Å²) in [6, 6.07) is 12.6. The molecule has 0 spiro atoms. The summed E-state index contributed by atoms with van der Waals surface area (Å²) < 4.78 is 6.63. The minimum Gasteiger partial charge on any atom is -0.465 e. The summed E-state index contributed by atoms with van der Waals surface area (Å²) in [6.45, 7) is 2.02. The molecule has 0 aliphatic rings. The molecule has 0 saturated carbocycles. The maximum Gasteiger partial charge on any atom is 0.337 e. The van der Waals surface area contributed by atoms with Crippen LogP contribution in [0.1, 0.15) is 21.7 Å². The number of nitrogens with one attached hydrogen (secondary N) is 1. The largest absolute Gasteiger partial charge is 0.465 e. The van der Waals surface area contributed by atoms with E-state index in [-0.39, 0.29) is 5.56 Å². The van der Waals surface area contributed by atoms with Crippen LogP contribution in [0.25, 0.3) is 16.6 Å². The number of aromatic amines is 1. The third-order valence-corrected chi connectivity index (χ3v) is 5.36. The number of methoxy groups -OCH3 is 1. The van der Waals surface area contributed by atoms with Gasteiger partial charge in [-0.25, -0.2) is 9.78 Å². The highest BCUT2D eigenvalue weighted by atomic mass is 32.2. The van der Waals surface area contributed by atoms with Gasteiger partial charge in [0.2, 0.25) is 0 Å². The molecule has 4 aromatic rings. The highest BCUT2D eigenvalue weighted by Gasteiger charge is 2.12. The van der Waals surface area contributed by atoms with Crippen molar-refractivity contribution in [3.8, 4) is 5.69 Å². The minimum atomic E-state index is -0.476. The molecule has 4 rings (SSSR count). The van der Waals surface area contributed by atoms with Crippen LogP contribution in [0.15, 0.2) is 58.7 Å². The second-order valence-electron chi connectivity index (χ2n) is 6.29. The van der Waals surface area contributed by atoms with Crippen LogP contribution in [0.3, 0.4) is 0 Å². The van der Waals surface area contributed by atoms with E-state index >= 15 is 0 Å². The lowest BCUT2D eigenvalue weighted by Gasteiger charge is -2.09. The summed E-state index contributed by atoms with van der Waals surface area (Å²) in [4.78, 5) is 31.4. The molecule has 0 aliphatic carbocycles. The topological polar surface area (TPSA) is 103 Å². The van der Waals surface area contributed by atoms with E-state index < -0.39 is 5.97 Å². The molecule has 0 radical (unpaired) electrons. The predicted molar refractivity (Wildman–Crippen MR) is 109 cm³/mol. The van der Waals surface area contributed by atoms with Crippen molar-refractivity contribution in [2.45, 2.75) is 17.8 Å². The number of ether oxygens (including phenoxy) is 1. The smallest absolute Gasteiger partial charge is 0.337 e. The van der Waals surface area contributed by atoms with Crippen molar-refractivity contribution in [1.82, 2.24) is 24.7 Å². The lowest BCUT2D eigenvalue weighted by Crippen LogP contribution is -2.12. The van der Waals surface area contributed by atoms with Crippen molar-refractivity contribution in [3.63, 3.8) is 0 Å². The van der Waals surface area contributed by atoms with Crippen LogP contribution in [-0.2, 0) is 10.5 Å². The number of fused-ring (bicyclic) bond motifs is 1. The van der Waals surface area contributed by atoms with Crippen LogP contribution in [0.5, 0.6) is 0 Å². The van der Waals surface area contributed by atoms with Crippen molar-refractivity contribution >= 4 is 28.6 Å². The Morgan fingerprint density at radius 1 is 1.24 bits per heavy atom. The molecule has 146 valence electrons.